The topological polar surface area (TPSA) is 80.5 Å². The monoisotopic (exact) mass is 438 g/mol. The normalized spacial score (nSPS) is 12.0. The molecular formula is C22H17F3N6O. The Morgan fingerprint density at radius 3 is 2.50 bits per heavy atom. The molecule has 5 rings (SSSR count). The number of para-hydroxylation sites is 1. The predicted octanol–water partition coefficient (Wildman–Crippen LogP) is 4.62. The Bertz CT molecular complexity index is 1490. The van der Waals surface area contributed by atoms with Crippen LogP contribution in [-0.4, -0.2) is 36.4 Å². The molecule has 2 N–H and O–H groups in total. The molecule has 0 unspecified atom stereocenters. The van der Waals surface area contributed by atoms with Gasteiger partial charge in [-0.3, -0.25) is 9.89 Å². The van der Waals surface area contributed by atoms with Crippen molar-refractivity contribution in [2.45, 2.75) is 6.18 Å². The second-order valence-corrected chi connectivity index (χ2v) is 7.47. The van der Waals surface area contributed by atoms with Crippen LogP contribution in [0.25, 0.3) is 44.3 Å². The number of carbonyl (C=O) groups excluding carboxylic acids is 1. The third-order valence-electron chi connectivity index (χ3n) is 5.43. The summed E-state index contributed by atoms with van der Waals surface area (Å²) in [7, 11) is 3.68. The summed E-state index contributed by atoms with van der Waals surface area (Å²) in [5.41, 5.74) is 3.81. The quantitative estimate of drug-likeness (QED) is 0.431. The van der Waals surface area contributed by atoms with Gasteiger partial charge in [0.25, 0.3) is 0 Å². The van der Waals surface area contributed by atoms with E-state index in [1.54, 1.807) is 12.3 Å². The molecule has 0 saturated heterocycles. The summed E-state index contributed by atoms with van der Waals surface area (Å²) in [6, 6.07) is 11.2. The van der Waals surface area contributed by atoms with Crippen molar-refractivity contribution in [3.05, 3.63) is 55.0 Å². The van der Waals surface area contributed by atoms with E-state index < -0.39 is 12.1 Å². The van der Waals surface area contributed by atoms with Crippen molar-refractivity contribution in [3.8, 4) is 22.4 Å². The van der Waals surface area contributed by atoms with Gasteiger partial charge in [-0.2, -0.15) is 18.3 Å². The number of fused-ring (bicyclic) bond motifs is 2. The fourth-order valence-electron chi connectivity index (χ4n) is 4.02. The van der Waals surface area contributed by atoms with E-state index in [0.29, 0.717) is 28.0 Å². The van der Waals surface area contributed by atoms with Crippen LogP contribution < -0.4 is 5.32 Å². The molecule has 0 saturated carbocycles. The molecule has 162 valence electrons. The molecule has 5 aromatic rings. The van der Waals surface area contributed by atoms with Gasteiger partial charge in [0.2, 0.25) is 0 Å². The Labute approximate surface area is 179 Å². The number of hydrogen-bond acceptors (Lipinski definition) is 3. The molecule has 4 aromatic heterocycles. The number of H-pyrrole nitrogens is 1. The number of aryl methyl sites for hydroxylation is 2. The molecule has 4 heterocycles. The van der Waals surface area contributed by atoms with E-state index in [2.05, 4.69) is 15.2 Å². The van der Waals surface area contributed by atoms with Crippen LogP contribution in [0.3, 0.4) is 0 Å². The Morgan fingerprint density at radius 1 is 1.00 bits per heavy atom. The minimum atomic E-state index is -5.04. The third kappa shape index (κ3) is 3.03. The lowest BCUT2D eigenvalue weighted by Crippen LogP contribution is -2.30. The maximum absolute atomic E-state index is 13.0. The Hall–Kier alpha value is -4.08. The highest BCUT2D eigenvalue weighted by Gasteiger charge is 2.40. The second kappa shape index (κ2) is 6.98. The molecule has 32 heavy (non-hydrogen) atoms. The zero-order valence-electron chi connectivity index (χ0n) is 17.0. The number of alkyl halides is 3. The Morgan fingerprint density at radius 2 is 1.72 bits per heavy atom. The van der Waals surface area contributed by atoms with Crippen molar-refractivity contribution in [1.29, 1.82) is 0 Å². The van der Waals surface area contributed by atoms with Crippen LogP contribution in [0.1, 0.15) is 0 Å². The van der Waals surface area contributed by atoms with Crippen molar-refractivity contribution < 1.29 is 18.0 Å². The fraction of sp³-hybridized carbons (Fsp3) is 0.136. The molecule has 1 amide bonds. The van der Waals surface area contributed by atoms with Crippen LogP contribution in [-0.2, 0) is 18.9 Å². The molecule has 0 bridgehead atoms. The van der Waals surface area contributed by atoms with Crippen molar-refractivity contribution >= 4 is 33.7 Å². The fourth-order valence-corrected chi connectivity index (χ4v) is 4.02. The van der Waals surface area contributed by atoms with Gasteiger partial charge in [0.05, 0.1) is 11.3 Å². The van der Waals surface area contributed by atoms with Gasteiger partial charge in [-0.05, 0) is 18.2 Å². The number of anilines is 1. The smallest absolute Gasteiger partial charge is 0.350 e. The molecule has 1 aromatic carbocycles. The lowest BCUT2D eigenvalue weighted by molar-refractivity contribution is -0.167. The number of pyridine rings is 1. The largest absolute Gasteiger partial charge is 0.471 e. The van der Waals surface area contributed by atoms with E-state index in [4.69, 9.17) is 0 Å². The van der Waals surface area contributed by atoms with E-state index in [9.17, 15) is 18.0 Å². The maximum atomic E-state index is 13.0. The maximum Gasteiger partial charge on any atom is 0.471 e. The molecule has 0 atom stereocenters. The number of rotatable bonds is 3. The molecular weight excluding hydrogens is 421 g/mol. The second-order valence-electron chi connectivity index (χ2n) is 7.47. The summed E-state index contributed by atoms with van der Waals surface area (Å²) in [6.45, 7) is 0. The van der Waals surface area contributed by atoms with Crippen LogP contribution in [0.15, 0.2) is 55.0 Å². The Balaban J connectivity index is 1.80. The van der Waals surface area contributed by atoms with Gasteiger partial charge in [0.1, 0.15) is 5.65 Å². The summed E-state index contributed by atoms with van der Waals surface area (Å²) >= 11 is 0. The van der Waals surface area contributed by atoms with Gasteiger partial charge >= 0.3 is 12.1 Å². The molecule has 0 radical (unpaired) electrons. The molecule has 0 spiro atoms. The first-order valence-corrected chi connectivity index (χ1v) is 9.67. The molecule has 0 aliphatic carbocycles. The number of nitrogens with zero attached hydrogens (tertiary/aromatic N) is 4. The van der Waals surface area contributed by atoms with Gasteiger partial charge in [0, 0.05) is 60.1 Å². The number of carbonyl (C=O) groups is 1. The van der Waals surface area contributed by atoms with E-state index >= 15 is 0 Å². The van der Waals surface area contributed by atoms with Crippen LogP contribution in [0.2, 0.25) is 0 Å². The van der Waals surface area contributed by atoms with Gasteiger partial charge in [0.15, 0.2) is 5.82 Å². The highest BCUT2D eigenvalue weighted by atomic mass is 19.4. The molecule has 0 fully saturated rings. The summed E-state index contributed by atoms with van der Waals surface area (Å²) in [4.78, 5) is 16.1. The highest BCUT2D eigenvalue weighted by Crippen LogP contribution is 2.42. The average Bonchev–Trinajstić information content (AvgIpc) is 3.42. The number of aromatic amines is 1. The predicted molar refractivity (Wildman–Crippen MR) is 115 cm³/mol. The molecule has 0 aliphatic heterocycles. The van der Waals surface area contributed by atoms with Gasteiger partial charge < -0.3 is 14.5 Å². The molecule has 0 aliphatic rings. The SMILES string of the molecule is Cn1cc(-c2c(NC(=O)C(F)(F)F)n[nH]c2-c2cn(C)c3ncccc23)c2ccccc21. The number of hydrogen-bond donors (Lipinski definition) is 2. The van der Waals surface area contributed by atoms with Crippen molar-refractivity contribution in [2.24, 2.45) is 14.1 Å². The number of nitrogens with one attached hydrogen (secondary N) is 2. The van der Waals surface area contributed by atoms with Crippen molar-refractivity contribution in [1.82, 2.24) is 24.3 Å². The van der Waals surface area contributed by atoms with Gasteiger partial charge in [-0.1, -0.05) is 18.2 Å². The number of halogens is 3. The summed E-state index contributed by atoms with van der Waals surface area (Å²) in [5.74, 6) is -2.28. The molecule has 7 nitrogen and oxygen atoms in total. The van der Waals surface area contributed by atoms with Gasteiger partial charge in [-0.15, -0.1) is 0 Å². The van der Waals surface area contributed by atoms with Gasteiger partial charge in [-0.25, -0.2) is 4.98 Å². The summed E-state index contributed by atoms with van der Waals surface area (Å²) in [6.07, 6.45) is 0.263. The average molecular weight is 438 g/mol. The van der Waals surface area contributed by atoms with E-state index in [-0.39, 0.29) is 5.82 Å². The van der Waals surface area contributed by atoms with Crippen molar-refractivity contribution in [3.63, 3.8) is 0 Å². The van der Waals surface area contributed by atoms with Crippen LogP contribution in [0.5, 0.6) is 0 Å². The minimum Gasteiger partial charge on any atom is -0.350 e. The Kier molecular flexibility index (Phi) is 4.33. The van der Waals surface area contributed by atoms with Crippen LogP contribution in [0, 0.1) is 0 Å². The lowest BCUT2D eigenvalue weighted by atomic mass is 10.00. The van der Waals surface area contributed by atoms with E-state index in [1.165, 1.54) is 0 Å². The van der Waals surface area contributed by atoms with Crippen LogP contribution in [0.4, 0.5) is 19.0 Å². The van der Waals surface area contributed by atoms with E-state index in [1.807, 2.05) is 71.3 Å². The number of benzene rings is 1. The number of aromatic nitrogens is 5. The first-order chi connectivity index (χ1) is 15.3. The minimum absolute atomic E-state index is 0.195. The van der Waals surface area contributed by atoms with Crippen LogP contribution >= 0.6 is 0 Å². The third-order valence-corrected chi connectivity index (χ3v) is 5.43. The summed E-state index contributed by atoms with van der Waals surface area (Å²) in [5, 5.41) is 10.4. The standard InChI is InChI=1S/C22H17F3N6O/c1-30-10-14(12-6-3-4-8-16(12)30)17-18(28-29-19(17)27-21(32)22(23,24)25)15-11-31(2)20-13(15)7-5-9-26-20/h3-11H,1-2H3,(H2,27,28,29,32). The lowest BCUT2D eigenvalue weighted by Gasteiger charge is -2.08. The van der Waals surface area contributed by atoms with Crippen molar-refractivity contribution in [2.75, 3.05) is 5.32 Å². The molecule has 10 heteroatoms. The number of amides is 1. The first-order valence-electron chi connectivity index (χ1n) is 9.67. The zero-order valence-corrected chi connectivity index (χ0v) is 17.0. The highest BCUT2D eigenvalue weighted by molar-refractivity contribution is 6.08. The summed E-state index contributed by atoms with van der Waals surface area (Å²) < 4.78 is 42.7. The zero-order chi connectivity index (χ0) is 22.6. The van der Waals surface area contributed by atoms with E-state index in [0.717, 1.165) is 16.3 Å². The first kappa shape index (κ1) is 19.9.